The lowest BCUT2D eigenvalue weighted by Crippen LogP contribution is -2.52. The summed E-state index contributed by atoms with van der Waals surface area (Å²) in [4.78, 5) is 28.0. The highest BCUT2D eigenvalue weighted by molar-refractivity contribution is 7.92. The van der Waals surface area contributed by atoms with Gasteiger partial charge in [0.05, 0.1) is 10.6 Å². The number of nitrogens with one attached hydrogen (secondary N) is 1. The predicted octanol–water partition coefficient (Wildman–Crippen LogP) is 3.78. The van der Waals surface area contributed by atoms with Gasteiger partial charge in [-0.1, -0.05) is 37.3 Å². The molecule has 1 atom stereocenters. The number of amides is 2. The molecular weight excluding hydrogens is 549 g/mol. The maximum absolute atomic E-state index is 14.0. The molecule has 11 heteroatoms. The van der Waals surface area contributed by atoms with Crippen LogP contribution in [0.5, 0.6) is 11.5 Å². The average molecular weight is 584 g/mol. The van der Waals surface area contributed by atoms with Crippen LogP contribution in [0, 0.1) is 5.82 Å². The summed E-state index contributed by atoms with van der Waals surface area (Å²) >= 11 is 0. The van der Waals surface area contributed by atoms with Crippen LogP contribution >= 0.6 is 0 Å². The summed E-state index contributed by atoms with van der Waals surface area (Å²) < 4.78 is 53.7. The van der Waals surface area contributed by atoms with Crippen molar-refractivity contribution >= 4 is 27.5 Å². The van der Waals surface area contributed by atoms with Crippen LogP contribution in [-0.2, 0) is 26.0 Å². The van der Waals surface area contributed by atoms with Gasteiger partial charge in [0, 0.05) is 19.2 Å². The highest BCUT2D eigenvalue weighted by atomic mass is 32.2. The van der Waals surface area contributed by atoms with Gasteiger partial charge in [-0.15, -0.1) is 0 Å². The Balaban J connectivity index is 1.67. The van der Waals surface area contributed by atoms with Gasteiger partial charge in [0.25, 0.3) is 10.0 Å². The monoisotopic (exact) mass is 583 g/mol. The van der Waals surface area contributed by atoms with Gasteiger partial charge in [-0.25, -0.2) is 12.8 Å². The Morgan fingerprint density at radius 1 is 0.976 bits per heavy atom. The van der Waals surface area contributed by atoms with Crippen LogP contribution in [0.15, 0.2) is 77.7 Å². The molecule has 0 saturated carbocycles. The topological polar surface area (TPSA) is 105 Å². The van der Waals surface area contributed by atoms with Gasteiger partial charge in [0.2, 0.25) is 11.8 Å². The van der Waals surface area contributed by atoms with Gasteiger partial charge in [0.1, 0.15) is 31.6 Å². The number of hydrogen-bond donors (Lipinski definition) is 1. The zero-order valence-corrected chi connectivity index (χ0v) is 23.9. The molecule has 1 N–H and O–H groups in total. The molecule has 0 bridgehead atoms. The summed E-state index contributed by atoms with van der Waals surface area (Å²) in [5.41, 5.74) is 1.06. The summed E-state index contributed by atoms with van der Waals surface area (Å²) in [5, 5.41) is 2.81. The van der Waals surface area contributed by atoms with E-state index in [1.54, 1.807) is 6.92 Å². The van der Waals surface area contributed by atoms with Gasteiger partial charge in [0.15, 0.2) is 11.5 Å². The Morgan fingerprint density at radius 3 is 2.34 bits per heavy atom. The van der Waals surface area contributed by atoms with E-state index < -0.39 is 34.3 Å². The molecule has 0 radical (unpaired) electrons. The molecule has 1 aliphatic heterocycles. The van der Waals surface area contributed by atoms with E-state index in [4.69, 9.17) is 9.47 Å². The standard InChI is InChI=1S/C30H34FN3O6S/c1-3-16-32-30(36)22(2)33(17-15-23-7-5-4-6-8-23)29(35)21-34(25-11-9-24(31)10-12-25)41(37,38)26-13-14-27-28(20-26)40-19-18-39-27/h4-14,20,22H,3,15-19,21H2,1-2H3,(H,32,36)/t22-/m1/s1. The molecule has 0 saturated heterocycles. The van der Waals surface area contributed by atoms with Crippen LogP contribution in [-0.4, -0.2) is 64.0 Å². The van der Waals surface area contributed by atoms with E-state index in [9.17, 15) is 22.4 Å². The highest BCUT2D eigenvalue weighted by Crippen LogP contribution is 2.34. The molecule has 1 aliphatic rings. The number of benzene rings is 3. The molecule has 3 aromatic carbocycles. The first-order chi connectivity index (χ1) is 19.7. The summed E-state index contributed by atoms with van der Waals surface area (Å²) in [7, 11) is -4.33. The second kappa shape index (κ2) is 13.5. The van der Waals surface area contributed by atoms with Crippen molar-refractivity contribution in [3.8, 4) is 11.5 Å². The van der Waals surface area contributed by atoms with Crippen molar-refractivity contribution in [1.29, 1.82) is 0 Å². The number of sulfonamides is 1. The summed E-state index contributed by atoms with van der Waals surface area (Å²) in [6.45, 7) is 4.18. The van der Waals surface area contributed by atoms with Crippen molar-refractivity contribution in [2.45, 2.75) is 37.6 Å². The Kier molecular flexibility index (Phi) is 9.82. The minimum absolute atomic E-state index is 0.0979. The molecule has 218 valence electrons. The van der Waals surface area contributed by atoms with Gasteiger partial charge >= 0.3 is 0 Å². The maximum atomic E-state index is 14.0. The molecule has 4 rings (SSSR count). The largest absolute Gasteiger partial charge is 0.486 e. The molecule has 1 heterocycles. The van der Waals surface area contributed by atoms with Crippen molar-refractivity contribution in [1.82, 2.24) is 10.2 Å². The predicted molar refractivity (Wildman–Crippen MR) is 153 cm³/mol. The zero-order chi connectivity index (χ0) is 29.4. The first-order valence-electron chi connectivity index (χ1n) is 13.5. The fourth-order valence-electron chi connectivity index (χ4n) is 4.41. The number of rotatable bonds is 12. The van der Waals surface area contributed by atoms with Crippen LogP contribution in [0.3, 0.4) is 0 Å². The summed E-state index contributed by atoms with van der Waals surface area (Å²) in [6.07, 6.45) is 1.19. The van der Waals surface area contributed by atoms with Gasteiger partial charge < -0.3 is 19.7 Å². The SMILES string of the molecule is CCCNC(=O)[C@@H](C)N(CCc1ccccc1)C(=O)CN(c1ccc(F)cc1)S(=O)(=O)c1ccc2c(c1)OCCO2. The minimum atomic E-state index is -4.33. The first kappa shape index (κ1) is 29.9. The van der Waals surface area contributed by atoms with E-state index in [1.165, 1.54) is 35.2 Å². The van der Waals surface area contributed by atoms with Crippen LogP contribution < -0.4 is 19.1 Å². The lowest BCUT2D eigenvalue weighted by molar-refractivity contribution is -0.138. The van der Waals surface area contributed by atoms with E-state index in [-0.39, 0.29) is 35.4 Å². The number of anilines is 1. The van der Waals surface area contributed by atoms with Gasteiger partial charge in [-0.2, -0.15) is 0 Å². The van der Waals surface area contributed by atoms with Crippen molar-refractivity contribution in [3.63, 3.8) is 0 Å². The molecule has 0 aromatic heterocycles. The van der Waals surface area contributed by atoms with Crippen LogP contribution in [0.2, 0.25) is 0 Å². The van der Waals surface area contributed by atoms with Crippen LogP contribution in [0.4, 0.5) is 10.1 Å². The third-order valence-corrected chi connectivity index (χ3v) is 8.47. The Morgan fingerprint density at radius 2 is 1.66 bits per heavy atom. The first-order valence-corrected chi connectivity index (χ1v) is 14.9. The van der Waals surface area contributed by atoms with Crippen molar-refractivity contribution in [3.05, 3.63) is 84.2 Å². The Hall–Kier alpha value is -4.12. The molecule has 9 nitrogen and oxygen atoms in total. The maximum Gasteiger partial charge on any atom is 0.264 e. The number of nitrogens with zero attached hydrogens (tertiary/aromatic N) is 2. The number of ether oxygens (including phenoxy) is 2. The molecular formula is C30H34FN3O6S. The van der Waals surface area contributed by atoms with Crippen LogP contribution in [0.25, 0.3) is 0 Å². The van der Waals surface area contributed by atoms with E-state index in [1.807, 2.05) is 37.3 Å². The second-order valence-corrected chi connectivity index (χ2v) is 11.4. The number of halogens is 1. The number of carbonyl (C=O) groups is 2. The highest BCUT2D eigenvalue weighted by Gasteiger charge is 2.33. The quantitative estimate of drug-likeness (QED) is 0.348. The Bertz CT molecular complexity index is 1450. The summed E-state index contributed by atoms with van der Waals surface area (Å²) in [6, 6.07) is 17.7. The van der Waals surface area contributed by atoms with E-state index in [2.05, 4.69) is 5.32 Å². The lowest BCUT2D eigenvalue weighted by atomic mass is 10.1. The molecule has 3 aromatic rings. The van der Waals surface area contributed by atoms with Crippen molar-refractivity contribution in [2.24, 2.45) is 0 Å². The third kappa shape index (κ3) is 7.35. The fourth-order valence-corrected chi connectivity index (χ4v) is 5.84. The zero-order valence-electron chi connectivity index (χ0n) is 23.1. The van der Waals surface area contributed by atoms with Crippen molar-refractivity contribution < 1.29 is 31.9 Å². The van der Waals surface area contributed by atoms with E-state index in [0.717, 1.165) is 28.4 Å². The third-order valence-electron chi connectivity index (χ3n) is 6.70. The molecule has 0 unspecified atom stereocenters. The lowest BCUT2D eigenvalue weighted by Gasteiger charge is -2.32. The second-order valence-electron chi connectivity index (χ2n) is 9.58. The molecule has 0 fully saturated rings. The van der Waals surface area contributed by atoms with E-state index in [0.29, 0.717) is 25.3 Å². The number of hydrogen-bond acceptors (Lipinski definition) is 6. The number of fused-ring (bicyclic) bond motifs is 1. The minimum Gasteiger partial charge on any atom is -0.486 e. The molecule has 2 amide bonds. The van der Waals surface area contributed by atoms with Crippen LogP contribution in [0.1, 0.15) is 25.8 Å². The Labute approximate surface area is 239 Å². The summed E-state index contributed by atoms with van der Waals surface area (Å²) in [5.74, 6) is -0.781. The smallest absolute Gasteiger partial charge is 0.264 e. The average Bonchev–Trinajstić information content (AvgIpc) is 2.99. The molecule has 0 aliphatic carbocycles. The fraction of sp³-hybridized carbons (Fsp3) is 0.333. The van der Waals surface area contributed by atoms with E-state index >= 15 is 0 Å². The van der Waals surface area contributed by atoms with Crippen molar-refractivity contribution in [2.75, 3.05) is 37.2 Å². The van der Waals surface area contributed by atoms with Gasteiger partial charge in [-0.3, -0.25) is 13.9 Å². The number of carbonyl (C=O) groups excluding carboxylic acids is 2. The molecule has 41 heavy (non-hydrogen) atoms. The normalized spacial score (nSPS) is 13.2. The van der Waals surface area contributed by atoms with Gasteiger partial charge in [-0.05, 0) is 61.7 Å². The molecule has 0 spiro atoms.